The van der Waals surface area contributed by atoms with E-state index in [9.17, 15) is 4.39 Å². The molecule has 2 aromatic heterocycles. The van der Waals surface area contributed by atoms with Crippen LogP contribution in [0.3, 0.4) is 0 Å². The third-order valence-corrected chi connectivity index (χ3v) is 2.92. The second kappa shape index (κ2) is 3.96. The Labute approximate surface area is 103 Å². The largest absolute Gasteiger partial charge is 0.439 e. The van der Waals surface area contributed by atoms with Crippen LogP contribution in [0.25, 0.3) is 22.2 Å². The molecule has 0 spiro atoms. The molecule has 0 unspecified atom stereocenters. The summed E-state index contributed by atoms with van der Waals surface area (Å²) in [5, 5.41) is 0.784. The standard InChI is InChI=1S/C13H12FN3O/c1-7-13(11-6-16-12(5-15)18-11)9-4-8(14)2-3-10(9)17-7/h2-4,6,17H,5,15H2,1H3. The van der Waals surface area contributed by atoms with Gasteiger partial charge in [0.25, 0.3) is 0 Å². The Hall–Kier alpha value is -2.14. The Morgan fingerprint density at radius 1 is 1.44 bits per heavy atom. The van der Waals surface area contributed by atoms with Crippen LogP contribution in [0.5, 0.6) is 0 Å². The molecule has 0 aliphatic rings. The number of nitrogens with one attached hydrogen (secondary N) is 1. The van der Waals surface area contributed by atoms with Crippen molar-refractivity contribution in [2.75, 3.05) is 0 Å². The SMILES string of the molecule is Cc1[nH]c2ccc(F)cc2c1-c1cnc(CN)o1. The molecular weight excluding hydrogens is 233 g/mol. The molecule has 4 nitrogen and oxygen atoms in total. The summed E-state index contributed by atoms with van der Waals surface area (Å²) in [5.41, 5.74) is 8.08. The van der Waals surface area contributed by atoms with Crippen LogP contribution in [0.1, 0.15) is 11.6 Å². The third-order valence-electron chi connectivity index (χ3n) is 2.92. The number of aryl methyl sites for hydroxylation is 1. The highest BCUT2D eigenvalue weighted by Crippen LogP contribution is 2.32. The molecule has 0 aliphatic heterocycles. The molecule has 0 atom stereocenters. The van der Waals surface area contributed by atoms with Gasteiger partial charge in [0.05, 0.1) is 12.7 Å². The van der Waals surface area contributed by atoms with E-state index < -0.39 is 0 Å². The quantitative estimate of drug-likeness (QED) is 0.729. The van der Waals surface area contributed by atoms with Gasteiger partial charge in [-0.25, -0.2) is 9.37 Å². The van der Waals surface area contributed by atoms with Gasteiger partial charge in [-0.15, -0.1) is 0 Å². The summed E-state index contributed by atoms with van der Waals surface area (Å²) in [5.74, 6) is 0.793. The lowest BCUT2D eigenvalue weighted by atomic mass is 10.1. The highest BCUT2D eigenvalue weighted by Gasteiger charge is 2.15. The molecule has 1 aromatic carbocycles. The first-order valence-electron chi connectivity index (χ1n) is 5.62. The molecule has 0 fully saturated rings. The number of hydrogen-bond donors (Lipinski definition) is 2. The van der Waals surface area contributed by atoms with Crippen molar-refractivity contribution in [3.63, 3.8) is 0 Å². The van der Waals surface area contributed by atoms with Crippen LogP contribution in [-0.2, 0) is 6.54 Å². The van der Waals surface area contributed by atoms with Gasteiger partial charge in [-0.2, -0.15) is 0 Å². The van der Waals surface area contributed by atoms with Gasteiger partial charge in [0.1, 0.15) is 5.82 Å². The van der Waals surface area contributed by atoms with Crippen LogP contribution < -0.4 is 5.73 Å². The Morgan fingerprint density at radius 3 is 3.00 bits per heavy atom. The number of rotatable bonds is 2. The normalized spacial score (nSPS) is 11.3. The smallest absolute Gasteiger partial charge is 0.208 e. The van der Waals surface area contributed by atoms with E-state index in [1.165, 1.54) is 12.1 Å². The molecular formula is C13H12FN3O. The molecule has 3 rings (SSSR count). The second-order valence-corrected chi connectivity index (χ2v) is 4.14. The first-order valence-corrected chi connectivity index (χ1v) is 5.62. The van der Waals surface area contributed by atoms with E-state index in [1.807, 2.05) is 6.92 Å². The van der Waals surface area contributed by atoms with Crippen molar-refractivity contribution < 1.29 is 8.81 Å². The fraction of sp³-hybridized carbons (Fsp3) is 0.154. The van der Waals surface area contributed by atoms with E-state index in [2.05, 4.69) is 9.97 Å². The number of hydrogen-bond acceptors (Lipinski definition) is 3. The van der Waals surface area contributed by atoms with Crippen molar-refractivity contribution >= 4 is 10.9 Å². The molecule has 0 radical (unpaired) electrons. The summed E-state index contributed by atoms with van der Waals surface area (Å²) in [6.45, 7) is 2.16. The average molecular weight is 245 g/mol. The summed E-state index contributed by atoms with van der Waals surface area (Å²) < 4.78 is 18.9. The van der Waals surface area contributed by atoms with Crippen molar-refractivity contribution in [1.82, 2.24) is 9.97 Å². The van der Waals surface area contributed by atoms with E-state index in [4.69, 9.17) is 10.2 Å². The molecule has 18 heavy (non-hydrogen) atoms. The number of nitrogens with two attached hydrogens (primary N) is 1. The molecule has 2 heterocycles. The molecule has 3 aromatic rings. The Bertz CT molecular complexity index is 714. The van der Waals surface area contributed by atoms with Crippen LogP contribution in [0.2, 0.25) is 0 Å². The zero-order valence-electron chi connectivity index (χ0n) is 9.83. The zero-order chi connectivity index (χ0) is 12.7. The van der Waals surface area contributed by atoms with Gasteiger partial charge >= 0.3 is 0 Å². The fourth-order valence-corrected chi connectivity index (χ4v) is 2.14. The lowest BCUT2D eigenvalue weighted by molar-refractivity contribution is 0.510. The van der Waals surface area contributed by atoms with Crippen molar-refractivity contribution in [3.05, 3.63) is 41.8 Å². The van der Waals surface area contributed by atoms with Gasteiger partial charge < -0.3 is 15.1 Å². The van der Waals surface area contributed by atoms with Crippen molar-refractivity contribution in [2.24, 2.45) is 5.73 Å². The highest BCUT2D eigenvalue weighted by molar-refractivity contribution is 5.95. The van der Waals surface area contributed by atoms with Crippen molar-refractivity contribution in [3.8, 4) is 11.3 Å². The summed E-state index contributed by atoms with van der Waals surface area (Å²) in [6.07, 6.45) is 1.61. The molecule has 0 saturated carbocycles. The van der Waals surface area contributed by atoms with Gasteiger partial charge in [0.15, 0.2) is 5.76 Å². The van der Waals surface area contributed by atoms with Crippen LogP contribution in [0.4, 0.5) is 4.39 Å². The van der Waals surface area contributed by atoms with Gasteiger partial charge in [0.2, 0.25) is 5.89 Å². The lowest BCUT2D eigenvalue weighted by Crippen LogP contribution is -1.94. The first kappa shape index (κ1) is 11.0. The second-order valence-electron chi connectivity index (χ2n) is 4.14. The fourth-order valence-electron chi connectivity index (χ4n) is 2.14. The predicted molar refractivity (Wildman–Crippen MR) is 66.4 cm³/mol. The minimum atomic E-state index is -0.277. The van der Waals surface area contributed by atoms with Crippen LogP contribution in [-0.4, -0.2) is 9.97 Å². The van der Waals surface area contributed by atoms with Gasteiger partial charge in [-0.3, -0.25) is 0 Å². The number of H-pyrrole nitrogens is 1. The van der Waals surface area contributed by atoms with Gasteiger partial charge in [0, 0.05) is 22.2 Å². The first-order chi connectivity index (χ1) is 8.69. The van der Waals surface area contributed by atoms with E-state index in [0.717, 1.165) is 22.2 Å². The lowest BCUT2D eigenvalue weighted by Gasteiger charge is -1.96. The molecule has 5 heteroatoms. The maximum absolute atomic E-state index is 13.3. The number of aromatic nitrogens is 2. The zero-order valence-corrected chi connectivity index (χ0v) is 9.83. The Kier molecular flexibility index (Phi) is 2.41. The van der Waals surface area contributed by atoms with E-state index in [1.54, 1.807) is 12.3 Å². The van der Waals surface area contributed by atoms with Crippen LogP contribution in [0, 0.1) is 12.7 Å². The number of halogens is 1. The maximum atomic E-state index is 13.3. The highest BCUT2D eigenvalue weighted by atomic mass is 19.1. The third kappa shape index (κ3) is 1.60. The van der Waals surface area contributed by atoms with Crippen LogP contribution >= 0.6 is 0 Å². The minimum Gasteiger partial charge on any atom is -0.439 e. The molecule has 0 amide bonds. The topological polar surface area (TPSA) is 67.8 Å². The maximum Gasteiger partial charge on any atom is 0.208 e. The number of aromatic amines is 1. The van der Waals surface area contributed by atoms with E-state index in [-0.39, 0.29) is 12.4 Å². The average Bonchev–Trinajstić information content (AvgIpc) is 2.92. The molecule has 0 aliphatic carbocycles. The molecule has 0 saturated heterocycles. The predicted octanol–water partition coefficient (Wildman–Crippen LogP) is 2.73. The summed E-state index contributed by atoms with van der Waals surface area (Å²) in [6, 6.07) is 4.62. The number of nitrogens with zero attached hydrogens (tertiary/aromatic N) is 1. The van der Waals surface area contributed by atoms with Crippen LogP contribution in [0.15, 0.2) is 28.8 Å². The Balaban J connectivity index is 2.26. The minimum absolute atomic E-state index is 0.246. The van der Waals surface area contributed by atoms with Crippen molar-refractivity contribution in [1.29, 1.82) is 0 Å². The molecule has 0 bridgehead atoms. The van der Waals surface area contributed by atoms with Gasteiger partial charge in [-0.1, -0.05) is 0 Å². The summed E-state index contributed by atoms with van der Waals surface area (Å²) in [7, 11) is 0. The Morgan fingerprint density at radius 2 is 2.28 bits per heavy atom. The van der Waals surface area contributed by atoms with Gasteiger partial charge in [-0.05, 0) is 25.1 Å². The van der Waals surface area contributed by atoms with Crippen molar-refractivity contribution in [2.45, 2.75) is 13.5 Å². The monoisotopic (exact) mass is 245 g/mol. The number of fused-ring (bicyclic) bond motifs is 1. The van der Waals surface area contributed by atoms with E-state index in [0.29, 0.717) is 11.7 Å². The summed E-state index contributed by atoms with van der Waals surface area (Å²) in [4.78, 5) is 7.26. The summed E-state index contributed by atoms with van der Waals surface area (Å²) >= 11 is 0. The van der Waals surface area contributed by atoms with E-state index >= 15 is 0 Å². The molecule has 3 N–H and O–H groups in total. The molecule has 92 valence electrons. The number of benzene rings is 1. The number of oxazole rings is 1.